The van der Waals surface area contributed by atoms with Crippen LogP contribution < -0.4 is 15.4 Å². The maximum atomic E-state index is 14.3. The average Bonchev–Trinajstić information content (AvgIpc) is 3.17. The number of ether oxygens (including phenoxy) is 1. The molecule has 2 amide bonds. The Morgan fingerprint density at radius 1 is 0.455 bits per heavy atom. The Kier molecular flexibility index (Phi) is 30.6. The minimum atomic E-state index is -2.37. The lowest BCUT2D eigenvalue weighted by atomic mass is 10.0. The molecule has 2 N–H and O–H groups in total. The number of nitrogens with one attached hydrogen (secondary N) is 2. The fraction of sp³-hybridized carbons (Fsp3) is 0.795. The van der Waals surface area contributed by atoms with Crippen molar-refractivity contribution in [3.63, 3.8) is 0 Å². The second kappa shape index (κ2) is 33.4. The van der Waals surface area contributed by atoms with Crippen LogP contribution in [0, 0.1) is 29.1 Å². The first kappa shape index (κ1) is 50.3. The number of rotatable bonds is 36. The number of carbonyl (C=O) groups is 3. The highest BCUT2D eigenvalue weighted by molar-refractivity contribution is 5.85. The summed E-state index contributed by atoms with van der Waals surface area (Å²) in [6, 6.07) is -1.38. The fourth-order valence-corrected chi connectivity index (χ4v) is 6.76. The van der Waals surface area contributed by atoms with Gasteiger partial charge in [0.1, 0.15) is 6.04 Å². The minimum absolute atomic E-state index is 0.0205. The van der Waals surface area contributed by atoms with E-state index in [0.717, 1.165) is 44.9 Å². The van der Waals surface area contributed by atoms with Crippen LogP contribution in [0.2, 0.25) is 0 Å². The first-order valence-electron chi connectivity index (χ1n) is 21.9. The molecule has 0 radical (unpaired) electrons. The number of hydrogen-bond acceptors (Lipinski definition) is 4. The summed E-state index contributed by atoms with van der Waals surface area (Å²) in [5.41, 5.74) is 0. The fourth-order valence-electron chi connectivity index (χ4n) is 6.76. The summed E-state index contributed by atoms with van der Waals surface area (Å²) in [7, 11) is 0. The Hall–Kier alpha value is -2.72. The summed E-state index contributed by atoms with van der Waals surface area (Å²) >= 11 is 0. The number of esters is 1. The third kappa shape index (κ3) is 24.5. The lowest BCUT2D eigenvalue weighted by Gasteiger charge is -2.18. The number of halogens is 5. The zero-order valence-electron chi connectivity index (χ0n) is 34.2. The highest BCUT2D eigenvalue weighted by Crippen LogP contribution is 2.29. The zero-order chi connectivity index (χ0) is 40.5. The molecule has 0 aliphatic heterocycles. The molecule has 1 aromatic rings. The van der Waals surface area contributed by atoms with E-state index in [1.807, 2.05) is 0 Å². The van der Waals surface area contributed by atoms with Gasteiger partial charge in [0.2, 0.25) is 46.6 Å². The van der Waals surface area contributed by atoms with Gasteiger partial charge in [0, 0.05) is 19.4 Å². The number of unbranched alkanes of at least 4 members (excludes halogenated alkanes) is 25. The first-order chi connectivity index (χ1) is 26.6. The summed E-state index contributed by atoms with van der Waals surface area (Å²) in [6.07, 6.45) is 31.9. The van der Waals surface area contributed by atoms with E-state index in [1.54, 1.807) is 0 Å². The molecule has 0 unspecified atom stereocenters. The van der Waals surface area contributed by atoms with E-state index in [-0.39, 0.29) is 18.7 Å². The van der Waals surface area contributed by atoms with E-state index < -0.39 is 52.8 Å². The van der Waals surface area contributed by atoms with E-state index in [2.05, 4.69) is 29.2 Å². The monoisotopic (exact) mass is 789 g/mol. The van der Waals surface area contributed by atoms with Crippen LogP contribution in [0.1, 0.15) is 213 Å². The van der Waals surface area contributed by atoms with Crippen molar-refractivity contribution in [1.29, 1.82) is 0 Å². The van der Waals surface area contributed by atoms with Crippen LogP contribution in [0.4, 0.5) is 22.0 Å². The molecule has 0 bridgehead atoms. The molecular weight excluding hydrogens is 715 g/mol. The molecule has 318 valence electrons. The van der Waals surface area contributed by atoms with Crippen LogP contribution in [0.5, 0.6) is 5.75 Å². The van der Waals surface area contributed by atoms with Gasteiger partial charge in [-0.1, -0.05) is 168 Å². The van der Waals surface area contributed by atoms with Gasteiger partial charge in [-0.15, -0.1) is 0 Å². The third-order valence-electron chi connectivity index (χ3n) is 10.2. The predicted molar refractivity (Wildman–Crippen MR) is 211 cm³/mol. The zero-order valence-corrected chi connectivity index (χ0v) is 34.2. The van der Waals surface area contributed by atoms with Crippen LogP contribution in [-0.2, 0) is 14.4 Å². The van der Waals surface area contributed by atoms with Gasteiger partial charge in [-0.2, -0.15) is 8.78 Å². The van der Waals surface area contributed by atoms with Gasteiger partial charge in [0.25, 0.3) is 0 Å². The summed E-state index contributed by atoms with van der Waals surface area (Å²) < 4.78 is 74.2. The van der Waals surface area contributed by atoms with E-state index in [4.69, 9.17) is 0 Å². The molecule has 1 rings (SSSR count). The Bertz CT molecular complexity index is 1160. The summed E-state index contributed by atoms with van der Waals surface area (Å²) in [5, 5.41) is 5.37. The van der Waals surface area contributed by atoms with Gasteiger partial charge < -0.3 is 15.4 Å². The van der Waals surface area contributed by atoms with Crippen molar-refractivity contribution in [3.05, 3.63) is 29.1 Å². The Morgan fingerprint density at radius 3 is 1.20 bits per heavy atom. The highest BCUT2D eigenvalue weighted by Gasteiger charge is 2.31. The molecule has 0 saturated carbocycles. The number of hydrogen-bond donors (Lipinski definition) is 2. The molecule has 1 aromatic carbocycles. The molecule has 0 saturated heterocycles. The van der Waals surface area contributed by atoms with E-state index >= 15 is 0 Å². The van der Waals surface area contributed by atoms with Gasteiger partial charge in [-0.3, -0.25) is 9.59 Å². The van der Waals surface area contributed by atoms with Crippen molar-refractivity contribution >= 4 is 17.8 Å². The molecule has 0 aliphatic rings. The Labute approximate surface area is 329 Å². The quantitative estimate of drug-likeness (QED) is 0.0177. The van der Waals surface area contributed by atoms with Gasteiger partial charge >= 0.3 is 5.97 Å². The van der Waals surface area contributed by atoms with Crippen LogP contribution in [0.15, 0.2) is 0 Å². The standard InChI is InChI=1S/C44H73F5N2O4/c1-3-5-7-9-11-13-15-17-19-21-23-25-27-32-36(52)50-34-30-29-31-35(44(54)55-43-41(48)39(46)38(45)40(47)42(43)49)51-37(53)33-28-26-24-22-20-18-16-14-12-10-8-6-4-2/h35H,3-34H2,1-2H3,(H,50,52)(H,51,53)/t35-/m0/s1. The second-order valence-corrected chi connectivity index (χ2v) is 15.3. The van der Waals surface area contributed by atoms with Crippen molar-refractivity contribution in [1.82, 2.24) is 10.6 Å². The van der Waals surface area contributed by atoms with E-state index in [9.17, 15) is 36.3 Å². The van der Waals surface area contributed by atoms with Crippen LogP contribution in [0.3, 0.4) is 0 Å². The highest BCUT2D eigenvalue weighted by atomic mass is 19.2. The topological polar surface area (TPSA) is 84.5 Å². The molecule has 0 spiro atoms. The molecule has 0 aromatic heterocycles. The molecule has 0 fully saturated rings. The molecule has 0 heterocycles. The van der Waals surface area contributed by atoms with E-state index in [0.29, 0.717) is 32.2 Å². The molecular formula is C44H73F5N2O4. The Morgan fingerprint density at radius 2 is 0.800 bits per heavy atom. The maximum absolute atomic E-state index is 14.3. The summed E-state index contributed by atoms with van der Waals surface area (Å²) in [5.74, 6) is -15.0. The number of amides is 2. The third-order valence-corrected chi connectivity index (χ3v) is 10.2. The van der Waals surface area contributed by atoms with Crippen molar-refractivity contribution < 1.29 is 41.1 Å². The van der Waals surface area contributed by atoms with Gasteiger partial charge in [0.05, 0.1) is 0 Å². The largest absolute Gasteiger partial charge is 0.418 e. The lowest BCUT2D eigenvalue weighted by Crippen LogP contribution is -2.43. The molecule has 1 atom stereocenters. The summed E-state index contributed by atoms with van der Waals surface area (Å²) in [4.78, 5) is 38.0. The summed E-state index contributed by atoms with van der Waals surface area (Å²) in [6.45, 7) is 4.77. The van der Waals surface area contributed by atoms with Crippen molar-refractivity contribution in [3.8, 4) is 5.75 Å². The average molecular weight is 789 g/mol. The minimum Gasteiger partial charge on any atom is -0.418 e. The van der Waals surface area contributed by atoms with Crippen LogP contribution in [0.25, 0.3) is 0 Å². The van der Waals surface area contributed by atoms with Crippen LogP contribution in [-0.4, -0.2) is 30.4 Å². The van der Waals surface area contributed by atoms with Gasteiger partial charge in [-0.05, 0) is 32.1 Å². The molecule has 0 aliphatic carbocycles. The molecule has 6 nitrogen and oxygen atoms in total. The molecule has 55 heavy (non-hydrogen) atoms. The Balaban J connectivity index is 2.42. The molecule has 11 heteroatoms. The van der Waals surface area contributed by atoms with Gasteiger partial charge in [0.15, 0.2) is 0 Å². The van der Waals surface area contributed by atoms with Crippen molar-refractivity contribution in [2.45, 2.75) is 219 Å². The lowest BCUT2D eigenvalue weighted by molar-refractivity contribution is -0.140. The predicted octanol–water partition coefficient (Wildman–Crippen LogP) is 13.0. The number of benzene rings is 1. The maximum Gasteiger partial charge on any atom is 0.334 e. The van der Waals surface area contributed by atoms with Gasteiger partial charge in [-0.25, -0.2) is 18.0 Å². The van der Waals surface area contributed by atoms with Crippen molar-refractivity contribution in [2.24, 2.45) is 0 Å². The van der Waals surface area contributed by atoms with Crippen LogP contribution >= 0.6 is 0 Å². The number of carbonyl (C=O) groups excluding carboxylic acids is 3. The van der Waals surface area contributed by atoms with E-state index in [1.165, 1.54) is 116 Å². The first-order valence-corrected chi connectivity index (χ1v) is 21.9. The van der Waals surface area contributed by atoms with Crippen molar-refractivity contribution in [2.75, 3.05) is 6.54 Å². The SMILES string of the molecule is CCCCCCCCCCCCCCCC(=O)NCCCC[C@H](NC(=O)CCCCCCCCCCCCCCC)C(=O)Oc1c(F)c(F)c(F)c(F)c1F. The second-order valence-electron chi connectivity index (χ2n) is 15.3. The normalized spacial score (nSPS) is 11.8. The smallest absolute Gasteiger partial charge is 0.334 e.